The lowest BCUT2D eigenvalue weighted by Gasteiger charge is -2.29. The molecule has 0 rings (SSSR count). The van der Waals surface area contributed by atoms with Gasteiger partial charge in [-0.15, -0.1) is 0 Å². The minimum absolute atomic E-state index is 0.195. The molecule has 0 aromatic heterocycles. The molecule has 0 saturated heterocycles. The largest absolute Gasteiger partial charge is 0.338 e. The second-order valence-corrected chi connectivity index (χ2v) is 3.83. The van der Waals surface area contributed by atoms with Gasteiger partial charge in [-0.3, -0.25) is 0 Å². The summed E-state index contributed by atoms with van der Waals surface area (Å²) in [5, 5.41) is 0. The Bertz CT molecular complexity index is 78.0. The van der Waals surface area contributed by atoms with Crippen LogP contribution in [0.15, 0.2) is 0 Å². The van der Waals surface area contributed by atoms with Crippen LogP contribution in [0, 0.1) is 0 Å². The van der Waals surface area contributed by atoms with Gasteiger partial charge < -0.3 is 9.79 Å². The molecule has 0 aliphatic heterocycles. The predicted molar refractivity (Wildman–Crippen MR) is 54.8 cm³/mol. The molecule has 76 valence electrons. The highest BCUT2D eigenvalue weighted by Gasteiger charge is 2.20. The van der Waals surface area contributed by atoms with Crippen LogP contribution in [0.2, 0.25) is 0 Å². The Morgan fingerprint density at radius 1 is 0.917 bits per heavy atom. The van der Waals surface area contributed by atoms with Crippen molar-refractivity contribution < 1.29 is 9.79 Å². The summed E-state index contributed by atoms with van der Waals surface area (Å²) in [5.41, 5.74) is 0. The van der Waals surface area contributed by atoms with Crippen molar-refractivity contribution in [2.75, 3.05) is 0 Å². The Hall–Kier alpha value is 0.310. The molecule has 12 heavy (non-hydrogen) atoms. The van der Waals surface area contributed by atoms with Gasteiger partial charge in [0.1, 0.15) is 0 Å². The van der Waals surface area contributed by atoms with E-state index in [1.165, 1.54) is 0 Å². The van der Waals surface area contributed by atoms with Crippen LogP contribution in [0.3, 0.4) is 0 Å². The number of nitrogens with zero attached hydrogens (tertiary/aromatic N) is 1. The topological polar surface area (TPSA) is 43.7 Å². The summed E-state index contributed by atoms with van der Waals surface area (Å²) in [4.78, 5) is 17.8. The maximum Gasteiger partial charge on any atom is 0.253 e. The first-order valence-corrected chi connectivity index (χ1v) is 5.63. The van der Waals surface area contributed by atoms with Crippen molar-refractivity contribution in [3.05, 3.63) is 0 Å². The minimum atomic E-state index is -1.91. The molecule has 2 N–H and O–H groups in total. The monoisotopic (exact) mass is 195 g/mol. The first kappa shape index (κ1) is 14.8. The normalized spacial score (nSPS) is 11.0. The van der Waals surface area contributed by atoms with Crippen LogP contribution in [0.4, 0.5) is 0 Å². The van der Waals surface area contributed by atoms with Gasteiger partial charge in [0.2, 0.25) is 0 Å². The number of hydrogen-bond donors (Lipinski definition) is 2. The van der Waals surface area contributed by atoms with Crippen molar-refractivity contribution in [2.24, 2.45) is 0 Å². The highest BCUT2D eigenvalue weighted by molar-refractivity contribution is 7.42. The molecular formula is C8H22NO2P. The van der Waals surface area contributed by atoms with Crippen LogP contribution in [0.5, 0.6) is 0 Å². The van der Waals surface area contributed by atoms with Crippen LogP contribution < -0.4 is 0 Å². The van der Waals surface area contributed by atoms with E-state index in [1.807, 2.05) is 41.5 Å². The Balaban J connectivity index is 0. The molecule has 0 aliphatic rings. The van der Waals surface area contributed by atoms with Crippen molar-refractivity contribution in [1.29, 1.82) is 0 Å². The van der Waals surface area contributed by atoms with Gasteiger partial charge >= 0.3 is 0 Å². The molecule has 0 spiro atoms. The third-order valence-electron chi connectivity index (χ3n) is 1.26. The fourth-order valence-electron chi connectivity index (χ4n) is 1.01. The van der Waals surface area contributed by atoms with Gasteiger partial charge in [0, 0.05) is 12.1 Å². The lowest BCUT2D eigenvalue weighted by Crippen LogP contribution is -2.31. The summed E-state index contributed by atoms with van der Waals surface area (Å²) in [7, 11) is -1.91. The quantitative estimate of drug-likeness (QED) is 0.679. The third-order valence-corrected chi connectivity index (χ3v) is 2.60. The van der Waals surface area contributed by atoms with Crippen LogP contribution in [0.25, 0.3) is 0 Å². The average molecular weight is 195 g/mol. The lowest BCUT2D eigenvalue weighted by molar-refractivity contribution is 0.259. The first-order valence-electron chi connectivity index (χ1n) is 4.43. The second kappa shape index (κ2) is 7.93. The van der Waals surface area contributed by atoms with Crippen molar-refractivity contribution in [3.63, 3.8) is 0 Å². The van der Waals surface area contributed by atoms with Gasteiger partial charge in [0.15, 0.2) is 0 Å². The third kappa shape index (κ3) is 5.90. The zero-order valence-corrected chi connectivity index (χ0v) is 9.84. The molecule has 0 amide bonds. The van der Waals surface area contributed by atoms with E-state index in [0.717, 1.165) is 0 Å². The van der Waals surface area contributed by atoms with Gasteiger partial charge in [-0.25, -0.2) is 4.67 Å². The van der Waals surface area contributed by atoms with Crippen molar-refractivity contribution in [3.8, 4) is 0 Å². The molecule has 4 heteroatoms. The molecule has 3 nitrogen and oxygen atoms in total. The van der Waals surface area contributed by atoms with E-state index in [9.17, 15) is 0 Å². The van der Waals surface area contributed by atoms with E-state index in [1.54, 1.807) is 4.67 Å². The van der Waals surface area contributed by atoms with E-state index >= 15 is 0 Å². The summed E-state index contributed by atoms with van der Waals surface area (Å²) >= 11 is 0. The highest BCUT2D eigenvalue weighted by atomic mass is 31.2. The van der Waals surface area contributed by atoms with E-state index in [2.05, 4.69) is 0 Å². The van der Waals surface area contributed by atoms with E-state index in [0.29, 0.717) is 0 Å². The summed E-state index contributed by atoms with van der Waals surface area (Å²) in [6.45, 7) is 11.8. The molecule has 0 atom stereocenters. The fourth-order valence-corrected chi connectivity index (χ4v) is 1.84. The molecule has 0 unspecified atom stereocenters. The maximum atomic E-state index is 8.90. The number of hydrogen-bond acceptors (Lipinski definition) is 3. The number of rotatable bonds is 3. The Kier molecular flexibility index (Phi) is 9.79. The molecule has 0 bridgehead atoms. The van der Waals surface area contributed by atoms with E-state index < -0.39 is 8.53 Å². The fraction of sp³-hybridized carbons (Fsp3) is 1.00. The van der Waals surface area contributed by atoms with E-state index in [-0.39, 0.29) is 12.1 Å². The van der Waals surface area contributed by atoms with E-state index in [4.69, 9.17) is 9.79 Å². The molecule has 0 radical (unpaired) electrons. The highest BCUT2D eigenvalue weighted by Crippen LogP contribution is 2.34. The summed E-state index contributed by atoms with van der Waals surface area (Å²) in [5.74, 6) is 0. The van der Waals surface area contributed by atoms with Crippen LogP contribution in [-0.2, 0) is 0 Å². The van der Waals surface area contributed by atoms with Crippen molar-refractivity contribution >= 4 is 8.53 Å². The van der Waals surface area contributed by atoms with Gasteiger partial charge in [-0.1, -0.05) is 13.8 Å². The van der Waals surface area contributed by atoms with Crippen LogP contribution >= 0.6 is 8.53 Å². The second-order valence-electron chi connectivity index (χ2n) is 2.84. The molecule has 0 aliphatic carbocycles. The summed E-state index contributed by atoms with van der Waals surface area (Å²) < 4.78 is 1.68. The molecule has 0 heterocycles. The summed E-state index contributed by atoms with van der Waals surface area (Å²) in [6, 6.07) is 0.391. The Morgan fingerprint density at radius 3 is 1.17 bits per heavy atom. The minimum Gasteiger partial charge on any atom is -0.338 e. The van der Waals surface area contributed by atoms with Gasteiger partial charge in [0.05, 0.1) is 0 Å². The van der Waals surface area contributed by atoms with Crippen molar-refractivity contribution in [2.45, 2.75) is 53.6 Å². The Labute approximate surface area is 77.4 Å². The molecule has 0 aromatic rings. The van der Waals surface area contributed by atoms with Crippen molar-refractivity contribution in [1.82, 2.24) is 4.67 Å². The lowest BCUT2D eigenvalue weighted by atomic mass is 10.3. The molecule has 0 fully saturated rings. The maximum absolute atomic E-state index is 8.90. The summed E-state index contributed by atoms with van der Waals surface area (Å²) in [6.07, 6.45) is 0. The van der Waals surface area contributed by atoms with Gasteiger partial charge in [-0.2, -0.15) is 0 Å². The smallest absolute Gasteiger partial charge is 0.253 e. The molecule has 0 aromatic carbocycles. The van der Waals surface area contributed by atoms with Crippen LogP contribution in [-0.4, -0.2) is 26.5 Å². The van der Waals surface area contributed by atoms with Gasteiger partial charge in [0.25, 0.3) is 8.53 Å². The first-order chi connectivity index (χ1) is 5.46. The zero-order valence-electron chi connectivity index (χ0n) is 8.94. The van der Waals surface area contributed by atoms with Crippen LogP contribution in [0.1, 0.15) is 41.5 Å². The zero-order chi connectivity index (χ0) is 10.3. The molecular weight excluding hydrogens is 173 g/mol. The SMILES string of the molecule is CC.CC(C)N(C(C)C)P(O)O. The standard InChI is InChI=1S/C6H16NO2P.C2H6/c1-5(2)7(6(3)4)10(8)9;1-2/h5-6,8-9H,1-4H3;1-2H3. The average Bonchev–Trinajstić information content (AvgIpc) is 1.88. The van der Waals surface area contributed by atoms with Gasteiger partial charge in [-0.05, 0) is 27.7 Å². The predicted octanol–water partition coefficient (Wildman–Crippen LogP) is 2.34. The molecule has 0 saturated carbocycles. The Morgan fingerprint density at radius 2 is 1.17 bits per heavy atom.